The summed E-state index contributed by atoms with van der Waals surface area (Å²) in [5.74, 6) is -3.28. The lowest BCUT2D eigenvalue weighted by atomic mass is 10.0. The maximum absolute atomic E-state index is 14.3. The zero-order valence-electron chi connectivity index (χ0n) is 15.6. The molecular formula is C20H19F3NO3PS. The molecule has 2 aromatic carbocycles. The van der Waals surface area contributed by atoms with Gasteiger partial charge < -0.3 is 15.5 Å². The van der Waals surface area contributed by atoms with E-state index in [0.717, 1.165) is 17.7 Å². The molecular weight excluding hydrogens is 422 g/mol. The molecule has 0 amide bonds. The molecule has 0 bridgehead atoms. The number of carboxylic acids is 1. The Morgan fingerprint density at radius 2 is 1.83 bits per heavy atom. The molecule has 4 nitrogen and oxygen atoms in total. The fourth-order valence-electron chi connectivity index (χ4n) is 2.49. The highest BCUT2D eigenvalue weighted by Crippen LogP contribution is 2.36. The third-order valence-electron chi connectivity index (χ3n) is 4.09. The lowest BCUT2D eigenvalue weighted by molar-refractivity contribution is 0.0699. The first kappa shape index (κ1) is 22.9. The lowest BCUT2D eigenvalue weighted by Crippen LogP contribution is -2.07. The van der Waals surface area contributed by atoms with Gasteiger partial charge >= 0.3 is 5.97 Å². The third kappa shape index (κ3) is 5.15. The van der Waals surface area contributed by atoms with Crippen molar-refractivity contribution >= 4 is 36.9 Å². The number of aliphatic hydroxyl groups is 1. The zero-order valence-corrected chi connectivity index (χ0v) is 17.6. The number of carbonyl (C=O) groups is 1. The summed E-state index contributed by atoms with van der Waals surface area (Å²) in [7, 11) is 4.00. The summed E-state index contributed by atoms with van der Waals surface area (Å²) < 4.78 is 38.7. The van der Waals surface area contributed by atoms with Crippen LogP contribution < -0.4 is 10.6 Å². The van der Waals surface area contributed by atoms with Crippen molar-refractivity contribution in [3.8, 4) is 11.1 Å². The van der Waals surface area contributed by atoms with Crippen molar-refractivity contribution in [3.05, 3.63) is 69.9 Å². The maximum Gasteiger partial charge on any atom is 0.339 e. The van der Waals surface area contributed by atoms with E-state index in [0.29, 0.717) is 27.0 Å². The summed E-state index contributed by atoms with van der Waals surface area (Å²) in [6.07, 6.45) is 0. The van der Waals surface area contributed by atoms with Gasteiger partial charge in [0.05, 0.1) is 6.61 Å². The van der Waals surface area contributed by atoms with Crippen molar-refractivity contribution in [2.24, 2.45) is 0 Å². The molecule has 3 rings (SSSR count). The van der Waals surface area contributed by atoms with Crippen molar-refractivity contribution in [2.75, 3.05) is 12.4 Å². The molecule has 29 heavy (non-hydrogen) atoms. The van der Waals surface area contributed by atoms with E-state index < -0.39 is 23.4 Å². The Kier molecular flexibility index (Phi) is 7.79. The first-order valence-corrected chi connectivity index (χ1v) is 9.79. The van der Waals surface area contributed by atoms with Gasteiger partial charge in [0.25, 0.3) is 0 Å². The van der Waals surface area contributed by atoms with Crippen LogP contribution >= 0.6 is 20.6 Å². The van der Waals surface area contributed by atoms with Crippen LogP contribution in [0.5, 0.6) is 0 Å². The van der Waals surface area contributed by atoms with Gasteiger partial charge in [-0.05, 0) is 30.2 Å². The van der Waals surface area contributed by atoms with E-state index in [1.54, 1.807) is 31.5 Å². The number of anilines is 1. The van der Waals surface area contributed by atoms with E-state index in [4.69, 9.17) is 5.11 Å². The minimum atomic E-state index is -1.06. The van der Waals surface area contributed by atoms with E-state index in [9.17, 15) is 23.1 Å². The molecule has 154 valence electrons. The number of carboxylic acid groups (broad SMARTS) is 1. The minimum Gasteiger partial charge on any atom is -0.478 e. The Bertz CT molecular complexity index is 1040. The van der Waals surface area contributed by atoms with E-state index in [1.165, 1.54) is 17.4 Å². The molecule has 0 aliphatic heterocycles. The normalized spacial score (nSPS) is 10.3. The van der Waals surface area contributed by atoms with Gasteiger partial charge in [-0.1, -0.05) is 18.2 Å². The molecule has 1 aromatic heterocycles. The second-order valence-corrected chi connectivity index (χ2v) is 7.43. The van der Waals surface area contributed by atoms with Crippen LogP contribution in [0, 0.1) is 24.4 Å². The van der Waals surface area contributed by atoms with E-state index in [-0.39, 0.29) is 12.2 Å². The molecule has 0 aliphatic rings. The number of hydrogen-bond donors (Lipinski definition) is 3. The van der Waals surface area contributed by atoms with Gasteiger partial charge in [0.15, 0.2) is 11.6 Å². The molecule has 0 saturated carbocycles. The van der Waals surface area contributed by atoms with Crippen LogP contribution in [0.3, 0.4) is 0 Å². The molecule has 3 aromatic rings. The number of thiophene rings is 1. The number of aryl methyl sites for hydroxylation is 1. The molecule has 9 heteroatoms. The average molecular weight is 441 g/mol. The van der Waals surface area contributed by atoms with E-state index >= 15 is 0 Å². The standard InChI is InChI=1S/C13H13FNO2PS.C7H6F2O/c1-6-3-4-7(10(14)11(6)18)8-5-19-12(15-2)9(8)13(16)17;8-6-2-1-5(4-10)3-7(6)9/h3-5,15H,18H2,1-2H3,(H,16,17);1-3,10H,4H2. The summed E-state index contributed by atoms with van der Waals surface area (Å²) in [5.41, 5.74) is 2.01. The predicted octanol–water partition coefficient (Wildman–Crippen LogP) is 4.56. The maximum atomic E-state index is 14.3. The molecule has 0 saturated heterocycles. The predicted molar refractivity (Wildman–Crippen MR) is 113 cm³/mol. The summed E-state index contributed by atoms with van der Waals surface area (Å²) >= 11 is 1.25. The number of aliphatic hydroxyl groups excluding tert-OH is 1. The molecule has 3 N–H and O–H groups in total. The summed E-state index contributed by atoms with van der Waals surface area (Å²) in [6.45, 7) is 1.54. The van der Waals surface area contributed by atoms with E-state index in [1.807, 2.05) is 0 Å². The molecule has 0 spiro atoms. The SMILES string of the molecule is CNc1scc(-c2ccc(C)c(P)c2F)c1C(=O)O.OCc1ccc(F)c(F)c1. The fraction of sp³-hybridized carbons (Fsp3) is 0.150. The molecule has 0 aliphatic carbocycles. The van der Waals surface area contributed by atoms with Gasteiger partial charge in [0.1, 0.15) is 16.4 Å². The Morgan fingerprint density at radius 1 is 1.14 bits per heavy atom. The van der Waals surface area contributed by atoms with Gasteiger partial charge in [-0.2, -0.15) is 0 Å². The van der Waals surface area contributed by atoms with Crippen LogP contribution in [-0.2, 0) is 6.61 Å². The van der Waals surface area contributed by atoms with Gasteiger partial charge in [0.2, 0.25) is 0 Å². The second-order valence-electron chi connectivity index (χ2n) is 5.97. The quantitative estimate of drug-likeness (QED) is 0.520. The Hall–Kier alpha value is -2.41. The number of aromatic carboxylic acids is 1. The van der Waals surface area contributed by atoms with Gasteiger partial charge in [-0.15, -0.1) is 20.6 Å². The molecule has 1 heterocycles. The monoisotopic (exact) mass is 441 g/mol. The van der Waals surface area contributed by atoms with Crippen LogP contribution in [0.2, 0.25) is 0 Å². The van der Waals surface area contributed by atoms with Gasteiger partial charge in [-0.25, -0.2) is 18.0 Å². The highest BCUT2D eigenvalue weighted by Gasteiger charge is 2.21. The number of nitrogens with one attached hydrogen (secondary N) is 1. The van der Waals surface area contributed by atoms with Crippen LogP contribution in [0.1, 0.15) is 21.5 Å². The lowest BCUT2D eigenvalue weighted by Gasteiger charge is -2.08. The van der Waals surface area contributed by atoms with Gasteiger partial charge in [0, 0.05) is 28.9 Å². The minimum absolute atomic E-state index is 0.111. The molecule has 0 fully saturated rings. The first-order chi connectivity index (χ1) is 13.7. The fourth-order valence-corrected chi connectivity index (χ4v) is 3.65. The number of hydrogen-bond acceptors (Lipinski definition) is 4. The van der Waals surface area contributed by atoms with Crippen molar-refractivity contribution in [2.45, 2.75) is 13.5 Å². The number of rotatable bonds is 4. The average Bonchev–Trinajstić information content (AvgIpc) is 3.13. The second kappa shape index (κ2) is 9.87. The largest absolute Gasteiger partial charge is 0.478 e. The Balaban J connectivity index is 0.000000253. The summed E-state index contributed by atoms with van der Waals surface area (Å²) in [5, 5.41) is 23.2. The number of halogens is 3. The summed E-state index contributed by atoms with van der Waals surface area (Å²) in [6, 6.07) is 6.68. The zero-order chi connectivity index (χ0) is 21.7. The highest BCUT2D eigenvalue weighted by atomic mass is 32.1. The van der Waals surface area contributed by atoms with Crippen molar-refractivity contribution in [3.63, 3.8) is 0 Å². The Morgan fingerprint density at radius 3 is 2.38 bits per heavy atom. The van der Waals surface area contributed by atoms with Crippen molar-refractivity contribution in [1.29, 1.82) is 0 Å². The van der Waals surface area contributed by atoms with Crippen LogP contribution in [0.4, 0.5) is 18.2 Å². The van der Waals surface area contributed by atoms with Crippen LogP contribution in [0.25, 0.3) is 11.1 Å². The number of benzene rings is 2. The van der Waals surface area contributed by atoms with Gasteiger partial charge in [-0.3, -0.25) is 0 Å². The molecule has 0 radical (unpaired) electrons. The van der Waals surface area contributed by atoms with Crippen molar-refractivity contribution in [1.82, 2.24) is 0 Å². The third-order valence-corrected chi connectivity index (χ3v) is 5.79. The van der Waals surface area contributed by atoms with Crippen molar-refractivity contribution < 1.29 is 28.2 Å². The smallest absolute Gasteiger partial charge is 0.339 e. The van der Waals surface area contributed by atoms with Crippen LogP contribution in [-0.4, -0.2) is 23.2 Å². The van der Waals surface area contributed by atoms with E-state index in [2.05, 4.69) is 14.6 Å². The Labute approximate surface area is 172 Å². The molecule has 1 atom stereocenters. The topological polar surface area (TPSA) is 69.6 Å². The highest BCUT2D eigenvalue weighted by molar-refractivity contribution is 7.27. The molecule has 1 unspecified atom stereocenters. The first-order valence-electron chi connectivity index (χ1n) is 8.33. The summed E-state index contributed by atoms with van der Waals surface area (Å²) in [4.78, 5) is 11.3. The van der Waals surface area contributed by atoms with Crippen LogP contribution in [0.15, 0.2) is 35.7 Å².